The average molecular weight is 238 g/mol. The zero-order valence-corrected chi connectivity index (χ0v) is 11.9. The molecule has 0 heteroatoms. The molecule has 0 aliphatic rings. The van der Waals surface area contributed by atoms with Gasteiger partial charge in [-0.1, -0.05) is 51.3 Å². The lowest BCUT2D eigenvalue weighted by Gasteiger charge is -2.08. The smallest absolute Gasteiger partial charge is 0.0175 e. The van der Waals surface area contributed by atoms with Crippen LogP contribution in [0.1, 0.15) is 36.1 Å². The summed E-state index contributed by atoms with van der Waals surface area (Å²) in [6.45, 7) is 16.0. The van der Waals surface area contributed by atoms with Crippen molar-refractivity contribution in [3.05, 3.63) is 59.7 Å². The Morgan fingerprint density at radius 3 is 1.33 bits per heavy atom. The molecule has 18 heavy (non-hydrogen) atoms. The van der Waals surface area contributed by atoms with E-state index in [1.165, 1.54) is 21.9 Å². The molecule has 0 bridgehead atoms. The number of rotatable bonds is 2. The lowest BCUT2D eigenvalue weighted by molar-refractivity contribution is 1.36. The SMILES string of the molecule is C=Cc1cc2cc(C)c(C)cc2cc1C=C.CC. The van der Waals surface area contributed by atoms with Crippen LogP contribution in [0.25, 0.3) is 22.9 Å². The van der Waals surface area contributed by atoms with Gasteiger partial charge in [0.05, 0.1) is 0 Å². The third-order valence-electron chi connectivity index (χ3n) is 3.09. The molecule has 0 saturated heterocycles. The Morgan fingerprint density at radius 1 is 0.722 bits per heavy atom. The molecule has 2 aromatic carbocycles. The Labute approximate surface area is 111 Å². The van der Waals surface area contributed by atoms with Crippen molar-refractivity contribution in [2.75, 3.05) is 0 Å². The number of benzene rings is 2. The van der Waals surface area contributed by atoms with E-state index in [0.717, 1.165) is 11.1 Å². The molecule has 0 amide bonds. The standard InChI is InChI=1S/C16H16.C2H6/c1-5-13-9-15-7-11(3)12(4)8-16(15)10-14(13)6-2;1-2/h5-10H,1-2H2,3-4H3;1-2H3. The highest BCUT2D eigenvalue weighted by Crippen LogP contribution is 2.24. The number of aryl methyl sites for hydroxylation is 2. The fraction of sp³-hybridized carbons (Fsp3) is 0.222. The van der Waals surface area contributed by atoms with Crippen LogP contribution in [0.3, 0.4) is 0 Å². The van der Waals surface area contributed by atoms with Crippen LogP contribution in [0.4, 0.5) is 0 Å². The summed E-state index contributed by atoms with van der Waals surface area (Å²) in [5, 5.41) is 2.53. The summed E-state index contributed by atoms with van der Waals surface area (Å²) in [7, 11) is 0. The maximum atomic E-state index is 3.84. The van der Waals surface area contributed by atoms with E-state index in [4.69, 9.17) is 0 Å². The van der Waals surface area contributed by atoms with Crippen LogP contribution in [0.2, 0.25) is 0 Å². The quantitative estimate of drug-likeness (QED) is 0.623. The summed E-state index contributed by atoms with van der Waals surface area (Å²) in [5.41, 5.74) is 4.94. The van der Waals surface area contributed by atoms with Crippen LogP contribution in [0.15, 0.2) is 37.4 Å². The fourth-order valence-electron chi connectivity index (χ4n) is 1.97. The molecule has 0 radical (unpaired) electrons. The molecule has 2 rings (SSSR count). The predicted octanol–water partition coefficient (Wildman–Crippen LogP) is 5.77. The van der Waals surface area contributed by atoms with Crippen molar-refractivity contribution in [3.63, 3.8) is 0 Å². The van der Waals surface area contributed by atoms with Crippen molar-refractivity contribution < 1.29 is 0 Å². The summed E-state index contributed by atoms with van der Waals surface area (Å²) in [6.07, 6.45) is 3.76. The molecular weight excluding hydrogens is 216 g/mol. The topological polar surface area (TPSA) is 0 Å². The van der Waals surface area contributed by atoms with E-state index in [2.05, 4.69) is 51.3 Å². The number of hydrogen-bond donors (Lipinski definition) is 0. The first kappa shape index (κ1) is 14.2. The molecule has 94 valence electrons. The lowest BCUT2D eigenvalue weighted by atomic mass is 9.97. The zero-order chi connectivity index (χ0) is 13.7. The van der Waals surface area contributed by atoms with Gasteiger partial charge in [-0.15, -0.1) is 0 Å². The highest BCUT2D eigenvalue weighted by atomic mass is 14.1. The maximum absolute atomic E-state index is 3.84. The summed E-state index contributed by atoms with van der Waals surface area (Å²) < 4.78 is 0. The van der Waals surface area contributed by atoms with E-state index >= 15 is 0 Å². The summed E-state index contributed by atoms with van der Waals surface area (Å²) in [5.74, 6) is 0. The van der Waals surface area contributed by atoms with E-state index in [1.54, 1.807) is 0 Å². The summed E-state index contributed by atoms with van der Waals surface area (Å²) in [4.78, 5) is 0. The molecule has 0 aliphatic carbocycles. The molecule has 0 saturated carbocycles. The van der Waals surface area contributed by atoms with E-state index in [9.17, 15) is 0 Å². The Balaban J connectivity index is 0.000000771. The normalized spacial score (nSPS) is 9.56. The number of fused-ring (bicyclic) bond motifs is 1. The second-order valence-electron chi connectivity index (χ2n) is 4.17. The van der Waals surface area contributed by atoms with Crippen LogP contribution in [0, 0.1) is 13.8 Å². The second-order valence-corrected chi connectivity index (χ2v) is 4.17. The Hall–Kier alpha value is -1.82. The molecule has 0 unspecified atom stereocenters. The van der Waals surface area contributed by atoms with Gasteiger partial charge in [0.2, 0.25) is 0 Å². The van der Waals surface area contributed by atoms with Crippen molar-refractivity contribution in [2.45, 2.75) is 27.7 Å². The summed E-state index contributed by atoms with van der Waals surface area (Å²) in [6, 6.07) is 8.80. The maximum Gasteiger partial charge on any atom is -0.0175 e. The Kier molecular flexibility index (Phi) is 4.91. The molecule has 0 aromatic heterocycles. The van der Waals surface area contributed by atoms with Gasteiger partial charge in [-0.25, -0.2) is 0 Å². The van der Waals surface area contributed by atoms with Crippen LogP contribution in [-0.2, 0) is 0 Å². The predicted molar refractivity (Wildman–Crippen MR) is 85.0 cm³/mol. The third-order valence-corrected chi connectivity index (χ3v) is 3.09. The molecule has 0 N–H and O–H groups in total. The van der Waals surface area contributed by atoms with Gasteiger partial charge in [-0.05, 0) is 59.0 Å². The first-order valence-corrected chi connectivity index (χ1v) is 6.45. The van der Waals surface area contributed by atoms with E-state index in [0.29, 0.717) is 0 Å². The van der Waals surface area contributed by atoms with Gasteiger partial charge < -0.3 is 0 Å². The van der Waals surface area contributed by atoms with Crippen molar-refractivity contribution in [2.24, 2.45) is 0 Å². The molecule has 0 fully saturated rings. The van der Waals surface area contributed by atoms with Crippen molar-refractivity contribution in [3.8, 4) is 0 Å². The van der Waals surface area contributed by atoms with Gasteiger partial charge in [0.15, 0.2) is 0 Å². The van der Waals surface area contributed by atoms with E-state index in [1.807, 2.05) is 26.0 Å². The third kappa shape index (κ3) is 2.70. The molecular formula is C18H22. The molecule has 0 nitrogen and oxygen atoms in total. The Bertz CT molecular complexity index is 522. The van der Waals surface area contributed by atoms with Crippen LogP contribution in [0.5, 0.6) is 0 Å². The van der Waals surface area contributed by atoms with Gasteiger partial charge in [0, 0.05) is 0 Å². The minimum atomic E-state index is 1.14. The van der Waals surface area contributed by atoms with Gasteiger partial charge in [0.1, 0.15) is 0 Å². The van der Waals surface area contributed by atoms with Gasteiger partial charge in [0.25, 0.3) is 0 Å². The lowest BCUT2D eigenvalue weighted by Crippen LogP contribution is -1.86. The van der Waals surface area contributed by atoms with E-state index in [-0.39, 0.29) is 0 Å². The van der Waals surface area contributed by atoms with Crippen LogP contribution in [-0.4, -0.2) is 0 Å². The highest BCUT2D eigenvalue weighted by Gasteiger charge is 2.02. The minimum Gasteiger partial charge on any atom is -0.0984 e. The van der Waals surface area contributed by atoms with Crippen molar-refractivity contribution in [1.82, 2.24) is 0 Å². The minimum absolute atomic E-state index is 1.14. The first-order valence-electron chi connectivity index (χ1n) is 6.45. The average Bonchev–Trinajstić information content (AvgIpc) is 2.41. The molecule has 0 aliphatic heterocycles. The number of hydrogen-bond acceptors (Lipinski definition) is 0. The summed E-state index contributed by atoms with van der Waals surface area (Å²) >= 11 is 0. The zero-order valence-electron chi connectivity index (χ0n) is 11.9. The van der Waals surface area contributed by atoms with Gasteiger partial charge in [-0.2, -0.15) is 0 Å². The van der Waals surface area contributed by atoms with Gasteiger partial charge in [-0.3, -0.25) is 0 Å². The highest BCUT2D eigenvalue weighted by molar-refractivity contribution is 5.89. The first-order chi connectivity index (χ1) is 8.65. The van der Waals surface area contributed by atoms with E-state index < -0.39 is 0 Å². The molecule has 0 atom stereocenters. The molecule has 0 spiro atoms. The van der Waals surface area contributed by atoms with Crippen molar-refractivity contribution >= 4 is 22.9 Å². The largest absolute Gasteiger partial charge is 0.0984 e. The van der Waals surface area contributed by atoms with Crippen LogP contribution >= 0.6 is 0 Å². The Morgan fingerprint density at radius 2 is 1.06 bits per heavy atom. The second kappa shape index (κ2) is 6.20. The fourth-order valence-corrected chi connectivity index (χ4v) is 1.97. The van der Waals surface area contributed by atoms with Crippen molar-refractivity contribution in [1.29, 1.82) is 0 Å². The molecule has 0 heterocycles. The van der Waals surface area contributed by atoms with Gasteiger partial charge >= 0.3 is 0 Å². The monoisotopic (exact) mass is 238 g/mol. The molecule has 2 aromatic rings. The van der Waals surface area contributed by atoms with Crippen LogP contribution < -0.4 is 0 Å².